The molecular formula is C9H6N4O3S. The Morgan fingerprint density at radius 2 is 2.35 bits per heavy atom. The number of aryl methyl sites for hydroxylation is 1. The van der Waals surface area contributed by atoms with Gasteiger partial charge in [-0.05, 0) is 17.2 Å². The Morgan fingerprint density at radius 1 is 1.53 bits per heavy atom. The van der Waals surface area contributed by atoms with Crippen LogP contribution in [0.1, 0.15) is 16.2 Å². The molecule has 1 N–H and O–H groups in total. The average Bonchev–Trinajstić information content (AvgIpc) is 2.91. The van der Waals surface area contributed by atoms with Crippen LogP contribution in [-0.4, -0.2) is 30.8 Å². The van der Waals surface area contributed by atoms with Crippen molar-refractivity contribution in [1.82, 2.24) is 19.7 Å². The van der Waals surface area contributed by atoms with Crippen molar-refractivity contribution in [2.24, 2.45) is 0 Å². The number of hydrogen-bond donors (Lipinski definition) is 1. The van der Waals surface area contributed by atoms with Crippen molar-refractivity contribution in [2.45, 2.75) is 6.92 Å². The lowest BCUT2D eigenvalue weighted by Gasteiger charge is -1.95. The normalized spacial score (nSPS) is 11.1. The minimum atomic E-state index is -1.18. The first kappa shape index (κ1) is 9.97. The van der Waals surface area contributed by atoms with E-state index in [2.05, 4.69) is 19.9 Å². The number of carbonyl (C=O) groups is 1. The molecule has 0 amide bonds. The van der Waals surface area contributed by atoms with Crippen LogP contribution in [0.25, 0.3) is 16.3 Å². The third-order valence-electron chi connectivity index (χ3n) is 2.35. The molecule has 3 rings (SSSR count). The average molecular weight is 250 g/mol. The third-order valence-corrected chi connectivity index (χ3v) is 3.11. The predicted molar refractivity (Wildman–Crippen MR) is 58.1 cm³/mol. The number of aromatic nitrogens is 4. The molecule has 0 bridgehead atoms. The molecule has 0 spiro atoms. The van der Waals surface area contributed by atoms with E-state index in [0.717, 1.165) is 4.96 Å². The van der Waals surface area contributed by atoms with Gasteiger partial charge in [0.25, 0.3) is 0 Å². The Labute approximate surface area is 98.3 Å². The van der Waals surface area contributed by atoms with E-state index in [0.29, 0.717) is 11.4 Å². The largest absolute Gasteiger partial charge is 0.476 e. The van der Waals surface area contributed by atoms with Gasteiger partial charge in [-0.3, -0.25) is 4.40 Å². The summed E-state index contributed by atoms with van der Waals surface area (Å²) >= 11 is 1.46. The topological polar surface area (TPSA) is 93.5 Å². The van der Waals surface area contributed by atoms with Crippen LogP contribution < -0.4 is 0 Å². The van der Waals surface area contributed by atoms with Crippen LogP contribution in [0.5, 0.6) is 0 Å². The van der Waals surface area contributed by atoms with Crippen molar-refractivity contribution in [3.8, 4) is 11.4 Å². The van der Waals surface area contributed by atoms with Gasteiger partial charge < -0.3 is 5.11 Å². The van der Waals surface area contributed by atoms with Crippen LogP contribution in [0.15, 0.2) is 16.2 Å². The van der Waals surface area contributed by atoms with E-state index >= 15 is 0 Å². The SMILES string of the molecule is Cc1nc2sccn2c1-c1nonc1C(=O)O. The standard InChI is InChI=1S/C9H6N4O3S/c1-4-7(13-2-3-17-9(13)10-4)5-6(8(14)15)12-16-11-5/h2-3H,1H3,(H,14,15). The van der Waals surface area contributed by atoms with E-state index in [-0.39, 0.29) is 11.4 Å². The van der Waals surface area contributed by atoms with Gasteiger partial charge in [0.05, 0.1) is 5.69 Å². The molecule has 17 heavy (non-hydrogen) atoms. The summed E-state index contributed by atoms with van der Waals surface area (Å²) in [4.78, 5) is 16.1. The number of fused-ring (bicyclic) bond motifs is 1. The maximum atomic E-state index is 11.0. The van der Waals surface area contributed by atoms with Gasteiger partial charge in [0.2, 0.25) is 5.69 Å². The number of carboxylic acid groups (broad SMARTS) is 1. The van der Waals surface area contributed by atoms with E-state index in [1.54, 1.807) is 17.5 Å². The molecule has 0 fully saturated rings. The number of aromatic carboxylic acids is 1. The number of thiazole rings is 1. The van der Waals surface area contributed by atoms with Crippen LogP contribution in [0.2, 0.25) is 0 Å². The minimum Gasteiger partial charge on any atom is -0.476 e. The highest BCUT2D eigenvalue weighted by molar-refractivity contribution is 7.15. The summed E-state index contributed by atoms with van der Waals surface area (Å²) < 4.78 is 6.26. The van der Waals surface area contributed by atoms with Crippen LogP contribution >= 0.6 is 11.3 Å². The lowest BCUT2D eigenvalue weighted by molar-refractivity contribution is 0.0685. The van der Waals surface area contributed by atoms with Gasteiger partial charge in [-0.2, -0.15) is 0 Å². The fraction of sp³-hybridized carbons (Fsp3) is 0.111. The van der Waals surface area contributed by atoms with Crippen LogP contribution in [-0.2, 0) is 0 Å². The molecule has 8 heteroatoms. The van der Waals surface area contributed by atoms with Gasteiger partial charge in [0, 0.05) is 11.6 Å². The monoisotopic (exact) mass is 250 g/mol. The minimum absolute atomic E-state index is 0.195. The Balaban J connectivity index is 2.33. The smallest absolute Gasteiger partial charge is 0.360 e. The van der Waals surface area contributed by atoms with E-state index in [9.17, 15) is 4.79 Å². The summed E-state index contributed by atoms with van der Waals surface area (Å²) in [6.07, 6.45) is 1.80. The summed E-state index contributed by atoms with van der Waals surface area (Å²) in [5, 5.41) is 17.9. The second kappa shape index (κ2) is 3.39. The van der Waals surface area contributed by atoms with Gasteiger partial charge in [0.1, 0.15) is 5.69 Å². The molecule has 0 atom stereocenters. The van der Waals surface area contributed by atoms with E-state index < -0.39 is 5.97 Å². The van der Waals surface area contributed by atoms with E-state index in [4.69, 9.17) is 5.11 Å². The number of nitrogens with zero attached hydrogens (tertiary/aromatic N) is 4. The molecule has 0 aromatic carbocycles. The van der Waals surface area contributed by atoms with Crippen molar-refractivity contribution in [2.75, 3.05) is 0 Å². The summed E-state index contributed by atoms with van der Waals surface area (Å²) in [6, 6.07) is 0. The number of rotatable bonds is 2. The fourth-order valence-corrected chi connectivity index (χ4v) is 2.42. The lowest BCUT2D eigenvalue weighted by Crippen LogP contribution is -2.00. The van der Waals surface area contributed by atoms with Crippen LogP contribution in [0.3, 0.4) is 0 Å². The van der Waals surface area contributed by atoms with Gasteiger partial charge in [-0.15, -0.1) is 11.3 Å². The van der Waals surface area contributed by atoms with Crippen molar-refractivity contribution in [3.63, 3.8) is 0 Å². The molecule has 7 nitrogen and oxygen atoms in total. The molecule has 0 aliphatic carbocycles. The zero-order valence-corrected chi connectivity index (χ0v) is 9.43. The molecule has 0 radical (unpaired) electrons. The molecule has 3 aromatic rings. The Hall–Kier alpha value is -2.22. The highest BCUT2D eigenvalue weighted by atomic mass is 32.1. The first-order chi connectivity index (χ1) is 8.18. The Bertz CT molecular complexity index is 711. The molecule has 3 heterocycles. The van der Waals surface area contributed by atoms with Crippen LogP contribution in [0, 0.1) is 6.92 Å². The Kier molecular flexibility index (Phi) is 1.99. The number of imidazole rings is 1. The second-order valence-electron chi connectivity index (χ2n) is 3.37. The highest BCUT2D eigenvalue weighted by Gasteiger charge is 2.24. The molecule has 0 aliphatic heterocycles. The van der Waals surface area contributed by atoms with Crippen LogP contribution in [0.4, 0.5) is 0 Å². The van der Waals surface area contributed by atoms with Gasteiger partial charge in [0.15, 0.2) is 10.7 Å². The summed E-state index contributed by atoms with van der Waals surface area (Å²) in [6.45, 7) is 1.79. The maximum Gasteiger partial charge on any atom is 0.360 e. The zero-order chi connectivity index (χ0) is 12.0. The van der Waals surface area contributed by atoms with Crippen molar-refractivity contribution >= 4 is 22.3 Å². The summed E-state index contributed by atoms with van der Waals surface area (Å²) in [5.41, 5.74) is 1.27. The van der Waals surface area contributed by atoms with Gasteiger partial charge >= 0.3 is 5.97 Å². The lowest BCUT2D eigenvalue weighted by atomic mass is 10.2. The molecule has 0 saturated heterocycles. The molecule has 86 valence electrons. The number of carboxylic acids is 1. The van der Waals surface area contributed by atoms with E-state index in [1.807, 2.05) is 5.38 Å². The van der Waals surface area contributed by atoms with Crippen molar-refractivity contribution in [3.05, 3.63) is 23.0 Å². The molecule has 0 unspecified atom stereocenters. The first-order valence-corrected chi connectivity index (χ1v) is 5.55. The zero-order valence-electron chi connectivity index (χ0n) is 8.62. The third kappa shape index (κ3) is 1.34. The first-order valence-electron chi connectivity index (χ1n) is 4.67. The van der Waals surface area contributed by atoms with Gasteiger partial charge in [-0.1, -0.05) is 0 Å². The van der Waals surface area contributed by atoms with Gasteiger partial charge in [-0.25, -0.2) is 14.4 Å². The summed E-state index contributed by atoms with van der Waals surface area (Å²) in [5.74, 6) is -1.18. The molecule has 0 aliphatic rings. The molecular weight excluding hydrogens is 244 g/mol. The highest BCUT2D eigenvalue weighted by Crippen LogP contribution is 2.27. The second-order valence-corrected chi connectivity index (χ2v) is 4.24. The molecule has 3 aromatic heterocycles. The van der Waals surface area contributed by atoms with Crippen molar-refractivity contribution < 1.29 is 14.5 Å². The van der Waals surface area contributed by atoms with E-state index in [1.165, 1.54) is 11.3 Å². The van der Waals surface area contributed by atoms with Crippen molar-refractivity contribution in [1.29, 1.82) is 0 Å². The number of hydrogen-bond acceptors (Lipinski definition) is 6. The molecule has 0 saturated carbocycles. The maximum absolute atomic E-state index is 11.0. The summed E-state index contributed by atoms with van der Waals surface area (Å²) in [7, 11) is 0. The fourth-order valence-electron chi connectivity index (χ4n) is 1.66. The Morgan fingerprint density at radius 3 is 3.12 bits per heavy atom. The predicted octanol–water partition coefficient (Wildman–Crippen LogP) is 1.45. The quantitative estimate of drug-likeness (QED) is 0.739.